The molecule has 0 heterocycles. The fourth-order valence-corrected chi connectivity index (χ4v) is 1.16. The van der Waals surface area contributed by atoms with Crippen molar-refractivity contribution < 1.29 is 51.0 Å². The SMILES string of the molecule is CCCC1=C(C)C=[C-]C1.[Cl-].[Cl-].[Zr+3]. The van der Waals surface area contributed by atoms with Gasteiger partial charge in [0.15, 0.2) is 0 Å². The van der Waals surface area contributed by atoms with Gasteiger partial charge in [0.05, 0.1) is 0 Å². The van der Waals surface area contributed by atoms with Crippen molar-refractivity contribution in [2.24, 2.45) is 0 Å². The normalized spacial score (nSPS) is 13.2. The van der Waals surface area contributed by atoms with Crippen molar-refractivity contribution in [2.45, 2.75) is 33.1 Å². The molecule has 0 bridgehead atoms. The van der Waals surface area contributed by atoms with Crippen molar-refractivity contribution in [3.63, 3.8) is 0 Å². The Balaban J connectivity index is -0.000000270. The van der Waals surface area contributed by atoms with Gasteiger partial charge in [0, 0.05) is 0 Å². The van der Waals surface area contributed by atoms with Gasteiger partial charge in [-0.05, 0) is 6.42 Å². The van der Waals surface area contributed by atoms with Crippen molar-refractivity contribution in [3.05, 3.63) is 23.3 Å². The summed E-state index contributed by atoms with van der Waals surface area (Å²) in [5, 5.41) is 0. The van der Waals surface area contributed by atoms with E-state index in [-0.39, 0.29) is 51.0 Å². The van der Waals surface area contributed by atoms with Gasteiger partial charge in [-0.2, -0.15) is 5.57 Å². The second kappa shape index (κ2) is 10.0. The molecule has 3 heteroatoms. The summed E-state index contributed by atoms with van der Waals surface area (Å²) < 4.78 is 0. The van der Waals surface area contributed by atoms with Crippen LogP contribution in [0, 0.1) is 6.08 Å². The molecular weight excluding hydrogens is 270 g/mol. The molecule has 1 rings (SSSR count). The van der Waals surface area contributed by atoms with E-state index in [2.05, 4.69) is 26.0 Å². The first-order valence-electron chi connectivity index (χ1n) is 3.60. The minimum Gasteiger partial charge on any atom is -1.00 e. The van der Waals surface area contributed by atoms with Crippen LogP contribution in [0.2, 0.25) is 0 Å². The van der Waals surface area contributed by atoms with Crippen LogP contribution >= 0.6 is 0 Å². The summed E-state index contributed by atoms with van der Waals surface area (Å²) in [5.74, 6) is 0. The molecule has 0 aromatic rings. The van der Waals surface area contributed by atoms with Crippen LogP contribution in [-0.2, 0) is 26.2 Å². The van der Waals surface area contributed by atoms with Crippen LogP contribution in [0.3, 0.4) is 0 Å². The largest absolute Gasteiger partial charge is 3.00 e. The Kier molecular flexibility index (Phi) is 15.6. The number of hydrogen-bond acceptors (Lipinski definition) is 0. The maximum atomic E-state index is 3.21. The zero-order valence-electron chi connectivity index (χ0n) is 7.45. The summed E-state index contributed by atoms with van der Waals surface area (Å²) in [6.45, 7) is 4.39. The zero-order chi connectivity index (χ0) is 6.69. The Bertz CT molecular complexity index is 162. The van der Waals surface area contributed by atoms with Gasteiger partial charge >= 0.3 is 26.2 Å². The van der Waals surface area contributed by atoms with Crippen molar-refractivity contribution in [3.8, 4) is 0 Å². The van der Waals surface area contributed by atoms with Crippen LogP contribution in [0.1, 0.15) is 33.1 Å². The summed E-state index contributed by atoms with van der Waals surface area (Å²) in [5.41, 5.74) is 3.02. The summed E-state index contributed by atoms with van der Waals surface area (Å²) in [6, 6.07) is 0. The molecule has 0 unspecified atom stereocenters. The average Bonchev–Trinajstić information content (AvgIpc) is 2.18. The summed E-state index contributed by atoms with van der Waals surface area (Å²) in [7, 11) is 0. The van der Waals surface area contributed by atoms with Gasteiger partial charge in [-0.25, -0.2) is 11.6 Å². The van der Waals surface area contributed by atoms with Crippen LogP contribution in [-0.4, -0.2) is 0 Å². The van der Waals surface area contributed by atoms with Crippen molar-refractivity contribution in [1.29, 1.82) is 0 Å². The molecule has 1 aliphatic rings. The first-order valence-corrected chi connectivity index (χ1v) is 3.60. The van der Waals surface area contributed by atoms with Crippen LogP contribution < -0.4 is 24.8 Å². The number of rotatable bonds is 2. The molecule has 0 nitrogen and oxygen atoms in total. The van der Waals surface area contributed by atoms with Gasteiger partial charge < -0.3 is 24.8 Å². The maximum absolute atomic E-state index is 3.21. The zero-order valence-corrected chi connectivity index (χ0v) is 11.4. The maximum Gasteiger partial charge on any atom is 3.00 e. The fourth-order valence-electron chi connectivity index (χ4n) is 1.16. The molecule has 12 heavy (non-hydrogen) atoms. The van der Waals surface area contributed by atoms with Crippen molar-refractivity contribution in [1.82, 2.24) is 0 Å². The smallest absolute Gasteiger partial charge is 1.00 e. The standard InChI is InChI=1S/C9H13.2ClH.Zr/c1-3-5-9-7-4-6-8(9)2;;;/h6H,3,5,7H2,1-2H3;2*1H;/q-1;;;+3/p-2. The van der Waals surface area contributed by atoms with Gasteiger partial charge in [0.2, 0.25) is 0 Å². The van der Waals surface area contributed by atoms with Gasteiger partial charge in [-0.1, -0.05) is 13.3 Å². The number of hydrogen-bond donors (Lipinski definition) is 0. The molecular formula is C9H13Cl2Zr. The minimum absolute atomic E-state index is 0. The molecule has 0 N–H and O–H groups in total. The third kappa shape index (κ3) is 5.57. The van der Waals surface area contributed by atoms with Crippen molar-refractivity contribution >= 4 is 0 Å². The van der Waals surface area contributed by atoms with Crippen LogP contribution in [0.4, 0.5) is 0 Å². The van der Waals surface area contributed by atoms with E-state index in [9.17, 15) is 0 Å². The second-order valence-corrected chi connectivity index (χ2v) is 2.56. The number of allylic oxidation sites excluding steroid dienone is 4. The van der Waals surface area contributed by atoms with Gasteiger partial charge in [0.25, 0.3) is 0 Å². The molecule has 0 spiro atoms. The topological polar surface area (TPSA) is 0 Å². The molecule has 0 aromatic carbocycles. The molecule has 0 aliphatic heterocycles. The molecule has 0 saturated carbocycles. The van der Waals surface area contributed by atoms with Crippen LogP contribution in [0.5, 0.6) is 0 Å². The Morgan fingerprint density at radius 3 is 2.33 bits per heavy atom. The van der Waals surface area contributed by atoms with E-state index in [0.717, 1.165) is 6.42 Å². The van der Waals surface area contributed by atoms with E-state index in [1.54, 1.807) is 5.57 Å². The molecule has 67 valence electrons. The number of halogens is 2. The third-order valence-electron chi connectivity index (χ3n) is 1.74. The van der Waals surface area contributed by atoms with E-state index in [1.165, 1.54) is 18.4 Å². The first kappa shape index (κ1) is 18.7. The fraction of sp³-hybridized carbons (Fsp3) is 0.556. The van der Waals surface area contributed by atoms with E-state index in [1.807, 2.05) is 0 Å². The summed E-state index contributed by atoms with van der Waals surface area (Å²) in [6.07, 6.45) is 8.92. The Hall–Kier alpha value is 0.943. The molecule has 0 fully saturated rings. The summed E-state index contributed by atoms with van der Waals surface area (Å²) in [4.78, 5) is 0. The predicted molar refractivity (Wildman–Crippen MR) is 40.0 cm³/mol. The molecule has 1 radical (unpaired) electrons. The Morgan fingerprint density at radius 1 is 1.42 bits per heavy atom. The van der Waals surface area contributed by atoms with E-state index >= 15 is 0 Å². The van der Waals surface area contributed by atoms with E-state index in [0.29, 0.717) is 0 Å². The van der Waals surface area contributed by atoms with E-state index < -0.39 is 0 Å². The first-order chi connectivity index (χ1) is 4.34. The molecule has 0 saturated heterocycles. The molecule has 0 atom stereocenters. The monoisotopic (exact) mass is 281 g/mol. The summed E-state index contributed by atoms with van der Waals surface area (Å²) >= 11 is 0. The van der Waals surface area contributed by atoms with Crippen LogP contribution in [0.25, 0.3) is 0 Å². The minimum atomic E-state index is 0. The van der Waals surface area contributed by atoms with Gasteiger partial charge in [-0.3, -0.25) is 6.08 Å². The van der Waals surface area contributed by atoms with Crippen LogP contribution in [0.15, 0.2) is 17.2 Å². The Morgan fingerprint density at radius 2 is 2.00 bits per heavy atom. The van der Waals surface area contributed by atoms with Gasteiger partial charge in [0.1, 0.15) is 0 Å². The molecule has 0 aromatic heterocycles. The average molecular weight is 283 g/mol. The molecule has 0 amide bonds. The quantitative estimate of drug-likeness (QED) is 0.470. The third-order valence-corrected chi connectivity index (χ3v) is 1.74. The van der Waals surface area contributed by atoms with E-state index in [4.69, 9.17) is 0 Å². The van der Waals surface area contributed by atoms with Gasteiger partial charge in [-0.15, -0.1) is 13.3 Å². The molecule has 1 aliphatic carbocycles. The van der Waals surface area contributed by atoms with Crippen molar-refractivity contribution in [2.75, 3.05) is 0 Å². The Labute approximate surface area is 107 Å². The second-order valence-electron chi connectivity index (χ2n) is 2.56. The predicted octanol–water partition coefficient (Wildman–Crippen LogP) is -3.13.